The van der Waals surface area contributed by atoms with Crippen LogP contribution in [0, 0.1) is 0 Å². The summed E-state index contributed by atoms with van der Waals surface area (Å²) >= 11 is 0. The van der Waals surface area contributed by atoms with Gasteiger partial charge in [0, 0.05) is 44.4 Å². The van der Waals surface area contributed by atoms with Crippen molar-refractivity contribution in [2.24, 2.45) is 5.73 Å². The summed E-state index contributed by atoms with van der Waals surface area (Å²) in [5, 5.41) is 13.4. The fourth-order valence-corrected chi connectivity index (χ4v) is 4.33. The van der Waals surface area contributed by atoms with E-state index in [9.17, 15) is 9.59 Å². The van der Waals surface area contributed by atoms with Crippen LogP contribution in [0.1, 0.15) is 73.0 Å². The number of aromatic nitrogens is 5. The molecular formula is C27H37N9O2. The Morgan fingerprint density at radius 3 is 2.61 bits per heavy atom. The molecule has 0 radical (unpaired) electrons. The van der Waals surface area contributed by atoms with Crippen LogP contribution < -0.4 is 21.7 Å². The zero-order valence-corrected chi connectivity index (χ0v) is 21.7. The Kier molecular flexibility index (Phi) is 10.1. The van der Waals surface area contributed by atoms with Crippen molar-refractivity contribution < 1.29 is 9.59 Å². The average Bonchev–Trinajstić information content (AvgIpc) is 3.48. The maximum Gasteiger partial charge on any atom is 0.254 e. The largest absolute Gasteiger partial charge is 0.355 e. The number of rotatable bonds is 4. The number of aryl methyl sites for hydroxylation is 1. The first-order valence-electron chi connectivity index (χ1n) is 13.5. The second-order valence-corrected chi connectivity index (χ2v) is 9.55. The fraction of sp³-hybridized carbons (Fsp3) is 0.481. The van der Waals surface area contributed by atoms with Crippen molar-refractivity contribution >= 4 is 17.8 Å². The maximum atomic E-state index is 13.1. The first-order chi connectivity index (χ1) is 18.6. The highest BCUT2D eigenvalue weighted by molar-refractivity contribution is 5.95. The molecule has 3 aromatic heterocycles. The summed E-state index contributed by atoms with van der Waals surface area (Å²) in [4.78, 5) is 38.8. The smallest absolute Gasteiger partial charge is 0.254 e. The normalized spacial score (nSPS) is 17.9. The van der Waals surface area contributed by atoms with E-state index in [1.165, 1.54) is 0 Å². The summed E-state index contributed by atoms with van der Waals surface area (Å²) in [7, 11) is 0. The standard InChI is InChI=1S/C27H37N9O2/c28-22-9-4-3-5-10-23-21(19-33-27(35-23)30-14-7-2-1-6-13-29-26(22)38)25(37)32-18-20-11-12-24(31-17-20)36-16-8-15-34-36/h8,11-12,15-17,19,22H,1-7,9-10,13-14,18,28H2,(H,29,38)(H,32,37)(H,30,33,35). The van der Waals surface area contributed by atoms with E-state index in [1.54, 1.807) is 23.3 Å². The lowest BCUT2D eigenvalue weighted by Gasteiger charge is -2.14. The van der Waals surface area contributed by atoms with E-state index < -0.39 is 6.04 Å². The van der Waals surface area contributed by atoms with E-state index >= 15 is 0 Å². The summed E-state index contributed by atoms with van der Waals surface area (Å²) in [5.41, 5.74) is 8.13. The number of carbonyl (C=O) groups excluding carboxylic acids is 2. The first-order valence-corrected chi connectivity index (χ1v) is 13.5. The molecule has 202 valence electrons. The van der Waals surface area contributed by atoms with Crippen LogP contribution in [0.25, 0.3) is 5.82 Å². The average molecular weight is 520 g/mol. The molecule has 2 amide bonds. The van der Waals surface area contributed by atoms with Gasteiger partial charge >= 0.3 is 0 Å². The number of pyridine rings is 1. The van der Waals surface area contributed by atoms with Crippen LogP contribution in [0.5, 0.6) is 0 Å². The molecule has 5 N–H and O–H groups in total. The van der Waals surface area contributed by atoms with Crippen LogP contribution in [-0.2, 0) is 17.8 Å². The second kappa shape index (κ2) is 14.2. The molecule has 0 fully saturated rings. The van der Waals surface area contributed by atoms with Crippen LogP contribution in [-0.4, -0.2) is 55.7 Å². The van der Waals surface area contributed by atoms with Gasteiger partial charge in [0.2, 0.25) is 11.9 Å². The Balaban J connectivity index is 1.38. The molecule has 3 aromatic rings. The SMILES string of the molecule is NC1CCCCCc2nc(ncc2C(=O)NCc2ccc(-n3cccn3)nc2)NCCCCCCNC1=O. The van der Waals surface area contributed by atoms with Crippen molar-refractivity contribution in [3.05, 3.63) is 59.8 Å². The van der Waals surface area contributed by atoms with Gasteiger partial charge in [-0.15, -0.1) is 0 Å². The number of hydrogen-bond donors (Lipinski definition) is 4. The summed E-state index contributed by atoms with van der Waals surface area (Å²) in [6, 6.07) is 5.14. The molecular weight excluding hydrogens is 482 g/mol. The van der Waals surface area contributed by atoms with Crippen LogP contribution in [0.2, 0.25) is 0 Å². The molecule has 4 heterocycles. The quantitative estimate of drug-likeness (QED) is 0.410. The highest BCUT2D eigenvalue weighted by atomic mass is 16.2. The molecule has 1 aliphatic rings. The van der Waals surface area contributed by atoms with Crippen molar-refractivity contribution in [3.63, 3.8) is 0 Å². The number of nitrogens with zero attached hydrogens (tertiary/aromatic N) is 5. The number of nitrogens with two attached hydrogens (primary N) is 1. The summed E-state index contributed by atoms with van der Waals surface area (Å²) in [6.45, 7) is 1.76. The van der Waals surface area contributed by atoms with Crippen LogP contribution in [0.4, 0.5) is 5.95 Å². The van der Waals surface area contributed by atoms with Gasteiger partial charge in [0.15, 0.2) is 5.82 Å². The van der Waals surface area contributed by atoms with Gasteiger partial charge in [0.05, 0.1) is 17.3 Å². The van der Waals surface area contributed by atoms with Crippen molar-refractivity contribution in [1.82, 2.24) is 35.4 Å². The number of nitrogens with one attached hydrogen (secondary N) is 3. The summed E-state index contributed by atoms with van der Waals surface area (Å²) in [6.07, 6.45) is 14.7. The Morgan fingerprint density at radius 1 is 1.03 bits per heavy atom. The minimum atomic E-state index is -0.479. The number of carbonyl (C=O) groups is 2. The number of anilines is 1. The molecule has 4 rings (SSSR count). The molecule has 0 spiro atoms. The third-order valence-corrected chi connectivity index (χ3v) is 6.57. The van der Waals surface area contributed by atoms with Crippen LogP contribution in [0.15, 0.2) is 43.0 Å². The molecule has 1 unspecified atom stereocenters. The lowest BCUT2D eigenvalue weighted by atomic mass is 10.0. The first kappa shape index (κ1) is 27.2. The molecule has 38 heavy (non-hydrogen) atoms. The van der Waals surface area contributed by atoms with E-state index in [2.05, 4.69) is 36.0 Å². The minimum absolute atomic E-state index is 0.0709. The number of hydrogen-bond acceptors (Lipinski definition) is 8. The highest BCUT2D eigenvalue weighted by Gasteiger charge is 2.16. The van der Waals surface area contributed by atoms with Gasteiger partial charge in [-0.1, -0.05) is 31.7 Å². The van der Waals surface area contributed by atoms with E-state index in [-0.39, 0.29) is 11.8 Å². The zero-order chi connectivity index (χ0) is 26.6. The van der Waals surface area contributed by atoms with Gasteiger partial charge < -0.3 is 21.7 Å². The molecule has 11 heteroatoms. The third kappa shape index (κ3) is 8.07. The van der Waals surface area contributed by atoms with Crippen molar-refractivity contribution in [2.75, 3.05) is 18.4 Å². The molecule has 1 aliphatic heterocycles. The van der Waals surface area contributed by atoms with Gasteiger partial charge in [-0.05, 0) is 49.8 Å². The lowest BCUT2D eigenvalue weighted by molar-refractivity contribution is -0.122. The Hall–Kier alpha value is -3.86. The summed E-state index contributed by atoms with van der Waals surface area (Å²) in [5.74, 6) is 0.968. The third-order valence-electron chi connectivity index (χ3n) is 6.57. The highest BCUT2D eigenvalue weighted by Crippen LogP contribution is 2.15. The molecule has 2 bridgehead atoms. The number of amides is 2. The van der Waals surface area contributed by atoms with E-state index in [0.717, 1.165) is 62.7 Å². The monoisotopic (exact) mass is 519 g/mol. The number of fused-ring (bicyclic) bond motifs is 2. The molecule has 1 atom stereocenters. The maximum absolute atomic E-state index is 13.1. The molecule has 0 saturated heterocycles. The summed E-state index contributed by atoms with van der Waals surface area (Å²) < 4.78 is 1.68. The van der Waals surface area contributed by atoms with E-state index in [0.29, 0.717) is 43.3 Å². The predicted molar refractivity (Wildman–Crippen MR) is 145 cm³/mol. The lowest BCUT2D eigenvalue weighted by Crippen LogP contribution is -2.40. The van der Waals surface area contributed by atoms with Gasteiger partial charge in [-0.2, -0.15) is 5.10 Å². The van der Waals surface area contributed by atoms with Crippen LogP contribution in [0.3, 0.4) is 0 Å². The molecule has 0 aromatic carbocycles. The Bertz CT molecular complexity index is 1170. The Labute approximate surface area is 223 Å². The minimum Gasteiger partial charge on any atom is -0.355 e. The Morgan fingerprint density at radius 2 is 1.84 bits per heavy atom. The van der Waals surface area contributed by atoms with Gasteiger partial charge in [0.25, 0.3) is 5.91 Å². The molecule has 0 aliphatic carbocycles. The van der Waals surface area contributed by atoms with Crippen molar-refractivity contribution in [2.45, 2.75) is 70.4 Å². The predicted octanol–water partition coefficient (Wildman–Crippen LogP) is 2.52. The van der Waals surface area contributed by atoms with E-state index in [1.807, 2.05) is 24.4 Å². The molecule has 0 saturated carbocycles. The zero-order valence-electron chi connectivity index (χ0n) is 21.7. The van der Waals surface area contributed by atoms with Gasteiger partial charge in [-0.3, -0.25) is 9.59 Å². The van der Waals surface area contributed by atoms with Gasteiger partial charge in [-0.25, -0.2) is 19.6 Å². The fourth-order valence-electron chi connectivity index (χ4n) is 4.33. The topological polar surface area (TPSA) is 153 Å². The van der Waals surface area contributed by atoms with Crippen LogP contribution >= 0.6 is 0 Å². The van der Waals surface area contributed by atoms with Crippen molar-refractivity contribution in [3.8, 4) is 5.82 Å². The molecule has 11 nitrogen and oxygen atoms in total. The van der Waals surface area contributed by atoms with Crippen molar-refractivity contribution in [1.29, 1.82) is 0 Å². The van der Waals surface area contributed by atoms with Gasteiger partial charge in [0.1, 0.15) is 0 Å². The second-order valence-electron chi connectivity index (χ2n) is 9.55. The van der Waals surface area contributed by atoms with E-state index in [4.69, 9.17) is 5.73 Å².